The Morgan fingerprint density at radius 2 is 1.64 bits per heavy atom. The molecule has 0 fully saturated rings. The van der Waals surface area contributed by atoms with Gasteiger partial charge in [0.25, 0.3) is 0 Å². The number of unbranched alkanes of at least 4 members (excludes halogenated alkanes) is 3. The van der Waals surface area contributed by atoms with Crippen molar-refractivity contribution in [1.82, 2.24) is 5.32 Å². The Kier molecular flexibility index (Phi) is 12.1. The van der Waals surface area contributed by atoms with E-state index in [2.05, 4.69) is 58.2 Å². The molecule has 0 aliphatic heterocycles. The van der Waals surface area contributed by atoms with Crippen molar-refractivity contribution in [3.63, 3.8) is 0 Å². The van der Waals surface area contributed by atoms with Crippen LogP contribution in [-0.4, -0.2) is 38.8 Å². The molecule has 5 nitrogen and oxygen atoms in total. The molecule has 0 saturated heterocycles. The number of carbonyl (C=O) groups excluding carboxylic acids is 1. The van der Waals surface area contributed by atoms with Gasteiger partial charge in [-0.25, -0.2) is 4.79 Å². The lowest BCUT2D eigenvalue weighted by Gasteiger charge is -2.38. The molecule has 0 radical (unpaired) electrons. The molecule has 1 amide bonds. The van der Waals surface area contributed by atoms with Gasteiger partial charge >= 0.3 is 6.09 Å². The number of nitrogens with one attached hydrogen (secondary N) is 1. The van der Waals surface area contributed by atoms with Gasteiger partial charge in [0.1, 0.15) is 5.60 Å². The minimum absolute atomic E-state index is 0.0883. The molecule has 0 spiro atoms. The van der Waals surface area contributed by atoms with Gasteiger partial charge < -0.3 is 19.2 Å². The van der Waals surface area contributed by atoms with Crippen LogP contribution in [0.15, 0.2) is 30.3 Å². The molecule has 33 heavy (non-hydrogen) atoms. The fraction of sp³-hybridized carbons (Fsp3) is 0.741. The number of ether oxygens (including phenoxy) is 2. The van der Waals surface area contributed by atoms with Crippen LogP contribution < -0.4 is 5.32 Å². The van der Waals surface area contributed by atoms with E-state index < -0.39 is 20.0 Å². The second-order valence-corrected chi connectivity index (χ2v) is 16.3. The van der Waals surface area contributed by atoms with Crippen molar-refractivity contribution >= 4 is 14.4 Å². The smallest absolute Gasteiger partial charge is 0.408 e. The van der Waals surface area contributed by atoms with E-state index in [9.17, 15) is 4.79 Å². The van der Waals surface area contributed by atoms with Crippen molar-refractivity contribution in [3.8, 4) is 0 Å². The molecule has 0 saturated carbocycles. The van der Waals surface area contributed by atoms with E-state index in [0.29, 0.717) is 13.2 Å². The third-order valence-corrected chi connectivity index (χ3v) is 10.7. The monoisotopic (exact) mass is 479 g/mol. The Bertz CT molecular complexity index is 680. The second kappa shape index (κ2) is 13.5. The van der Waals surface area contributed by atoms with Crippen LogP contribution in [0.25, 0.3) is 0 Å². The van der Waals surface area contributed by atoms with Crippen LogP contribution in [0, 0.1) is 0 Å². The lowest BCUT2D eigenvalue weighted by molar-refractivity contribution is -0.0108. The average Bonchev–Trinajstić information content (AvgIpc) is 2.69. The van der Waals surface area contributed by atoms with Crippen molar-refractivity contribution < 1.29 is 18.7 Å². The Hall–Kier alpha value is -1.37. The van der Waals surface area contributed by atoms with E-state index >= 15 is 0 Å². The van der Waals surface area contributed by atoms with Crippen molar-refractivity contribution in [3.05, 3.63) is 35.9 Å². The molecule has 0 heterocycles. The van der Waals surface area contributed by atoms with Crippen LogP contribution in [-0.2, 0) is 20.5 Å². The highest BCUT2D eigenvalue weighted by Gasteiger charge is 2.39. The molecule has 1 rings (SSSR count). The van der Waals surface area contributed by atoms with E-state index in [1.54, 1.807) is 0 Å². The highest BCUT2D eigenvalue weighted by molar-refractivity contribution is 6.74. The maximum absolute atomic E-state index is 12.7. The van der Waals surface area contributed by atoms with E-state index in [1.165, 1.54) is 12.8 Å². The summed E-state index contributed by atoms with van der Waals surface area (Å²) >= 11 is 0. The van der Waals surface area contributed by atoms with Gasteiger partial charge in [0, 0.05) is 0 Å². The van der Waals surface area contributed by atoms with Crippen LogP contribution >= 0.6 is 0 Å². The number of amides is 1. The van der Waals surface area contributed by atoms with Crippen molar-refractivity contribution in [2.75, 3.05) is 6.61 Å². The summed E-state index contributed by atoms with van der Waals surface area (Å²) in [5, 5.41) is 3.17. The molecule has 1 N–H and O–H groups in total. The van der Waals surface area contributed by atoms with E-state index in [4.69, 9.17) is 13.9 Å². The number of hydrogen-bond donors (Lipinski definition) is 1. The molecule has 0 aliphatic carbocycles. The topological polar surface area (TPSA) is 56.8 Å². The van der Waals surface area contributed by atoms with Crippen molar-refractivity contribution in [2.45, 2.75) is 123 Å². The molecular weight excluding hydrogens is 430 g/mol. The molecule has 1 aromatic carbocycles. The number of alkyl carbamates (subject to hydrolysis) is 1. The molecule has 190 valence electrons. The van der Waals surface area contributed by atoms with Crippen LogP contribution in [0.5, 0.6) is 0 Å². The largest absolute Gasteiger partial charge is 0.444 e. The summed E-state index contributed by atoms with van der Waals surface area (Å²) in [6, 6.07) is 9.90. The van der Waals surface area contributed by atoms with Gasteiger partial charge in [-0.2, -0.15) is 0 Å². The average molecular weight is 480 g/mol. The van der Waals surface area contributed by atoms with Crippen LogP contribution in [0.3, 0.4) is 0 Å². The standard InChI is InChI=1S/C27H49NO4Si/c1-10-11-12-16-19-24(30-20-22-17-14-13-15-18-22)23(28-25(29)32-26(2,3)4)21-31-33(8,9)27(5,6)7/h13-15,17-18,23-24H,10-12,16,19-21H2,1-9H3,(H,28,29)/t23-,24+/m0/s1. The van der Waals surface area contributed by atoms with E-state index in [-0.39, 0.29) is 17.2 Å². The summed E-state index contributed by atoms with van der Waals surface area (Å²) < 4.78 is 18.5. The van der Waals surface area contributed by atoms with Gasteiger partial charge in [-0.3, -0.25) is 0 Å². The van der Waals surface area contributed by atoms with E-state index in [0.717, 1.165) is 24.8 Å². The molecule has 0 aliphatic rings. The van der Waals surface area contributed by atoms with Gasteiger partial charge in [-0.15, -0.1) is 0 Å². The number of hydrogen-bond acceptors (Lipinski definition) is 4. The molecule has 0 aromatic heterocycles. The summed E-state index contributed by atoms with van der Waals surface area (Å²) in [5.41, 5.74) is 0.563. The van der Waals surface area contributed by atoms with Gasteiger partial charge in [0.05, 0.1) is 25.4 Å². The summed E-state index contributed by atoms with van der Waals surface area (Å²) in [5.74, 6) is 0. The van der Waals surface area contributed by atoms with Gasteiger partial charge in [-0.05, 0) is 50.9 Å². The molecule has 1 aromatic rings. The third-order valence-electron chi connectivity index (χ3n) is 6.23. The first-order valence-electron chi connectivity index (χ1n) is 12.5. The van der Waals surface area contributed by atoms with Crippen LogP contribution in [0.1, 0.15) is 86.1 Å². The zero-order chi connectivity index (χ0) is 25.1. The first kappa shape index (κ1) is 29.7. The molecule has 0 unspecified atom stereocenters. The summed E-state index contributed by atoms with van der Waals surface area (Å²) in [4.78, 5) is 12.7. The second-order valence-electron chi connectivity index (χ2n) is 11.5. The fourth-order valence-corrected chi connectivity index (χ4v) is 4.20. The Balaban J connectivity index is 3.03. The maximum atomic E-state index is 12.7. The maximum Gasteiger partial charge on any atom is 0.408 e. The minimum atomic E-state index is -1.99. The minimum Gasteiger partial charge on any atom is -0.444 e. The quantitative estimate of drug-likeness (QED) is 0.236. The lowest BCUT2D eigenvalue weighted by atomic mass is 10.0. The van der Waals surface area contributed by atoms with Crippen molar-refractivity contribution in [2.24, 2.45) is 0 Å². The first-order valence-corrected chi connectivity index (χ1v) is 15.4. The number of carbonyl (C=O) groups is 1. The zero-order valence-electron chi connectivity index (χ0n) is 22.6. The summed E-state index contributed by atoms with van der Waals surface area (Å²) in [7, 11) is -1.99. The van der Waals surface area contributed by atoms with Crippen LogP contribution in [0.2, 0.25) is 18.1 Å². The highest BCUT2D eigenvalue weighted by Crippen LogP contribution is 2.36. The normalized spacial score (nSPS) is 14.6. The lowest BCUT2D eigenvalue weighted by Crippen LogP contribution is -2.52. The SMILES string of the molecule is CCCCCC[C@@H](OCc1ccccc1)[C@H](CO[Si](C)(C)C(C)(C)C)NC(=O)OC(C)(C)C. The summed E-state index contributed by atoms with van der Waals surface area (Å²) in [6.45, 7) is 19.9. The first-order chi connectivity index (χ1) is 15.2. The predicted octanol–water partition coefficient (Wildman–Crippen LogP) is 7.46. The van der Waals surface area contributed by atoms with Crippen LogP contribution in [0.4, 0.5) is 4.79 Å². The summed E-state index contributed by atoms with van der Waals surface area (Å²) in [6.07, 6.45) is 4.89. The fourth-order valence-electron chi connectivity index (χ4n) is 3.17. The third kappa shape index (κ3) is 12.1. The highest BCUT2D eigenvalue weighted by atomic mass is 28.4. The van der Waals surface area contributed by atoms with Gasteiger partial charge in [0.15, 0.2) is 8.32 Å². The van der Waals surface area contributed by atoms with Gasteiger partial charge in [0.2, 0.25) is 0 Å². The Morgan fingerprint density at radius 3 is 2.18 bits per heavy atom. The molecule has 2 atom stereocenters. The Labute approximate surface area is 204 Å². The van der Waals surface area contributed by atoms with Gasteiger partial charge in [-0.1, -0.05) is 83.7 Å². The molecular formula is C27H49NO4Si. The molecule has 6 heteroatoms. The van der Waals surface area contributed by atoms with E-state index in [1.807, 2.05) is 39.0 Å². The zero-order valence-corrected chi connectivity index (χ0v) is 23.6. The molecule has 0 bridgehead atoms. The van der Waals surface area contributed by atoms with Crippen molar-refractivity contribution in [1.29, 1.82) is 0 Å². The number of rotatable bonds is 13. The predicted molar refractivity (Wildman–Crippen MR) is 140 cm³/mol. The number of benzene rings is 1. The Morgan fingerprint density at radius 1 is 1.00 bits per heavy atom.